The Bertz CT molecular complexity index is 800. The minimum Gasteiger partial charge on any atom is -0.290 e. The van der Waals surface area contributed by atoms with Gasteiger partial charge in [0.25, 0.3) is 5.91 Å². The molecule has 0 aromatic carbocycles. The van der Waals surface area contributed by atoms with Crippen LogP contribution < -0.4 is 0 Å². The van der Waals surface area contributed by atoms with E-state index in [0.717, 1.165) is 16.3 Å². The summed E-state index contributed by atoms with van der Waals surface area (Å²) in [6.45, 7) is 8.09. The molecule has 0 radical (unpaired) electrons. The lowest BCUT2D eigenvalue weighted by molar-refractivity contribution is -0.121. The van der Waals surface area contributed by atoms with Crippen molar-refractivity contribution in [2.75, 3.05) is 6.54 Å². The zero-order valence-electron chi connectivity index (χ0n) is 11.6. The zero-order chi connectivity index (χ0) is 15.1. The van der Waals surface area contributed by atoms with Crippen molar-refractivity contribution >= 4 is 56.6 Å². The minimum absolute atomic E-state index is 0.0637. The van der Waals surface area contributed by atoms with E-state index in [1.54, 1.807) is 22.3 Å². The predicted octanol–water partition coefficient (Wildman–Crippen LogP) is 3.40. The molecule has 4 nitrogen and oxygen atoms in total. The van der Waals surface area contributed by atoms with Gasteiger partial charge in [0.2, 0.25) is 0 Å². The van der Waals surface area contributed by atoms with E-state index in [4.69, 9.17) is 12.2 Å². The molecule has 1 saturated heterocycles. The van der Waals surface area contributed by atoms with Gasteiger partial charge in [0, 0.05) is 17.6 Å². The molecule has 3 rings (SSSR count). The Labute approximate surface area is 136 Å². The Morgan fingerprint density at radius 3 is 2.95 bits per heavy atom. The monoisotopic (exact) mass is 335 g/mol. The van der Waals surface area contributed by atoms with E-state index in [0.29, 0.717) is 15.8 Å². The molecule has 1 aliphatic rings. The number of nitrogens with zero attached hydrogens (tertiary/aromatic N) is 3. The summed E-state index contributed by atoms with van der Waals surface area (Å²) in [7, 11) is 0. The first-order chi connectivity index (χ1) is 10.0. The maximum absolute atomic E-state index is 12.4. The van der Waals surface area contributed by atoms with Crippen LogP contribution in [0.2, 0.25) is 0 Å². The van der Waals surface area contributed by atoms with Crippen molar-refractivity contribution < 1.29 is 4.79 Å². The van der Waals surface area contributed by atoms with Crippen molar-refractivity contribution in [2.45, 2.75) is 13.8 Å². The largest absolute Gasteiger partial charge is 0.290 e. The van der Waals surface area contributed by atoms with Crippen molar-refractivity contribution in [1.29, 1.82) is 0 Å². The fourth-order valence-corrected chi connectivity index (χ4v) is 4.29. The van der Waals surface area contributed by atoms with Crippen LogP contribution in [0.3, 0.4) is 0 Å². The lowest BCUT2D eigenvalue weighted by Crippen LogP contribution is -2.27. The van der Waals surface area contributed by atoms with Gasteiger partial charge in [-0.15, -0.1) is 17.9 Å². The van der Waals surface area contributed by atoms with Crippen molar-refractivity contribution in [2.24, 2.45) is 0 Å². The molecule has 0 saturated carbocycles. The van der Waals surface area contributed by atoms with Crippen LogP contribution in [0, 0.1) is 13.8 Å². The van der Waals surface area contributed by atoms with Gasteiger partial charge >= 0.3 is 0 Å². The molecule has 2 aromatic heterocycles. The van der Waals surface area contributed by atoms with Crippen LogP contribution in [0.1, 0.15) is 16.3 Å². The second kappa shape index (κ2) is 5.40. The number of carbonyl (C=O) groups excluding carboxylic acids is 1. The van der Waals surface area contributed by atoms with Gasteiger partial charge in [0.15, 0.2) is 4.96 Å². The van der Waals surface area contributed by atoms with Gasteiger partial charge in [0.1, 0.15) is 4.32 Å². The minimum atomic E-state index is -0.0637. The van der Waals surface area contributed by atoms with Gasteiger partial charge in [0.05, 0.1) is 16.3 Å². The summed E-state index contributed by atoms with van der Waals surface area (Å²) in [6, 6.07) is 0. The van der Waals surface area contributed by atoms with Crippen LogP contribution in [-0.2, 0) is 4.79 Å². The lowest BCUT2D eigenvalue weighted by Gasteiger charge is -2.10. The van der Waals surface area contributed by atoms with Crippen LogP contribution in [0.4, 0.5) is 0 Å². The number of thioether (sulfide) groups is 1. The molecule has 21 heavy (non-hydrogen) atoms. The number of hydrogen-bond donors (Lipinski definition) is 0. The second-order valence-corrected chi connectivity index (χ2v) is 7.55. The first kappa shape index (κ1) is 14.5. The number of amides is 1. The van der Waals surface area contributed by atoms with Crippen LogP contribution in [0.5, 0.6) is 0 Å². The van der Waals surface area contributed by atoms with Gasteiger partial charge in [-0.2, -0.15) is 0 Å². The quantitative estimate of drug-likeness (QED) is 0.489. The van der Waals surface area contributed by atoms with E-state index in [1.807, 2.05) is 30.5 Å². The van der Waals surface area contributed by atoms with Gasteiger partial charge < -0.3 is 0 Å². The molecule has 1 amide bonds. The molecular weight excluding hydrogens is 322 g/mol. The molecule has 0 aliphatic carbocycles. The Balaban J connectivity index is 2.04. The maximum atomic E-state index is 12.4. The average Bonchev–Trinajstić information content (AvgIpc) is 2.99. The molecule has 3 heterocycles. The highest BCUT2D eigenvalue weighted by molar-refractivity contribution is 8.26. The summed E-state index contributed by atoms with van der Waals surface area (Å²) in [6.07, 6.45) is 5.60. The average molecular weight is 335 g/mol. The molecule has 1 fully saturated rings. The van der Waals surface area contributed by atoms with E-state index < -0.39 is 0 Å². The van der Waals surface area contributed by atoms with Gasteiger partial charge in [-0.1, -0.05) is 30.1 Å². The molecule has 0 N–H and O–H groups in total. The van der Waals surface area contributed by atoms with E-state index in [2.05, 4.69) is 11.6 Å². The predicted molar refractivity (Wildman–Crippen MR) is 92.6 cm³/mol. The summed E-state index contributed by atoms with van der Waals surface area (Å²) >= 11 is 8.21. The van der Waals surface area contributed by atoms with E-state index in [1.165, 1.54) is 16.6 Å². The number of rotatable bonds is 3. The number of aromatic nitrogens is 2. The molecule has 108 valence electrons. The highest BCUT2D eigenvalue weighted by Crippen LogP contribution is 2.33. The summed E-state index contributed by atoms with van der Waals surface area (Å²) < 4.78 is 2.60. The summed E-state index contributed by atoms with van der Waals surface area (Å²) in [5.41, 5.74) is 1.85. The highest BCUT2D eigenvalue weighted by Gasteiger charge is 2.31. The van der Waals surface area contributed by atoms with E-state index in [9.17, 15) is 4.79 Å². The van der Waals surface area contributed by atoms with Crippen molar-refractivity contribution in [1.82, 2.24) is 14.3 Å². The van der Waals surface area contributed by atoms with Crippen LogP contribution in [-0.4, -0.2) is 31.1 Å². The van der Waals surface area contributed by atoms with Crippen molar-refractivity contribution in [3.8, 4) is 0 Å². The van der Waals surface area contributed by atoms with Gasteiger partial charge in [-0.05, 0) is 19.9 Å². The second-order valence-electron chi connectivity index (χ2n) is 4.66. The Hall–Kier alpha value is -1.44. The molecule has 7 heteroatoms. The van der Waals surface area contributed by atoms with Gasteiger partial charge in [-0.3, -0.25) is 14.1 Å². The number of thiazole rings is 1. The number of imidazole rings is 1. The van der Waals surface area contributed by atoms with Crippen LogP contribution in [0.15, 0.2) is 23.8 Å². The SMILES string of the molecule is C=CCN1C(=O)C(=Cc2c(C)nc3sc(C)cn23)SC1=S. The fourth-order valence-electron chi connectivity index (χ4n) is 2.17. The number of hydrogen-bond acceptors (Lipinski definition) is 5. The smallest absolute Gasteiger partial charge is 0.266 e. The topological polar surface area (TPSA) is 37.6 Å². The summed E-state index contributed by atoms with van der Waals surface area (Å²) in [4.78, 5) is 21.2. The Morgan fingerprint density at radius 2 is 2.24 bits per heavy atom. The maximum Gasteiger partial charge on any atom is 0.266 e. The van der Waals surface area contributed by atoms with Gasteiger partial charge in [-0.25, -0.2) is 4.98 Å². The third-order valence-electron chi connectivity index (χ3n) is 3.12. The van der Waals surface area contributed by atoms with Crippen LogP contribution >= 0.6 is 35.3 Å². The molecule has 0 atom stereocenters. The third kappa shape index (κ3) is 2.45. The standard InChI is InChI=1S/C14H13N3OS3/c1-4-5-16-12(18)11(21-14(16)19)6-10-9(3)15-13-17(10)7-8(2)20-13/h4,6-7H,1,5H2,2-3H3. The highest BCUT2D eigenvalue weighted by atomic mass is 32.2. The van der Waals surface area contributed by atoms with Crippen molar-refractivity contribution in [3.63, 3.8) is 0 Å². The lowest BCUT2D eigenvalue weighted by atomic mass is 10.3. The molecule has 0 bridgehead atoms. The first-order valence-corrected chi connectivity index (χ1v) is 8.36. The summed E-state index contributed by atoms with van der Waals surface area (Å²) in [5, 5.41) is 0. The number of fused-ring (bicyclic) bond motifs is 1. The number of aryl methyl sites for hydroxylation is 2. The fraction of sp³-hybridized carbons (Fsp3) is 0.214. The molecule has 2 aromatic rings. The Kier molecular flexibility index (Phi) is 3.73. The molecule has 1 aliphatic heterocycles. The van der Waals surface area contributed by atoms with E-state index >= 15 is 0 Å². The molecule has 0 spiro atoms. The van der Waals surface area contributed by atoms with Crippen LogP contribution in [0.25, 0.3) is 11.0 Å². The van der Waals surface area contributed by atoms with Crippen molar-refractivity contribution in [3.05, 3.63) is 40.0 Å². The molecular formula is C14H13N3OS3. The number of thiocarbonyl (C=S) groups is 1. The third-order valence-corrected chi connectivity index (χ3v) is 5.39. The Morgan fingerprint density at radius 1 is 1.48 bits per heavy atom. The molecule has 0 unspecified atom stereocenters. The normalized spacial score (nSPS) is 17.4. The zero-order valence-corrected chi connectivity index (χ0v) is 14.1. The summed E-state index contributed by atoms with van der Waals surface area (Å²) in [5.74, 6) is -0.0637. The first-order valence-electron chi connectivity index (χ1n) is 6.32. The van der Waals surface area contributed by atoms with E-state index in [-0.39, 0.29) is 5.91 Å². The number of carbonyl (C=O) groups is 1.